The van der Waals surface area contributed by atoms with Gasteiger partial charge in [0.25, 0.3) is 5.91 Å². The van der Waals surface area contributed by atoms with Crippen LogP contribution < -0.4 is 10.2 Å². The van der Waals surface area contributed by atoms with Gasteiger partial charge < -0.3 is 19.5 Å². The fraction of sp³-hybridized carbons (Fsp3) is 0.316. The SMILES string of the molecule is Cc1cc(C(=O)N2CCN(c3ncccn3)CC2)nc(NCc2ccco2)n1. The number of piperazine rings is 1. The van der Waals surface area contributed by atoms with E-state index in [-0.39, 0.29) is 5.91 Å². The lowest BCUT2D eigenvalue weighted by molar-refractivity contribution is 0.0740. The van der Waals surface area contributed by atoms with Gasteiger partial charge in [0.1, 0.15) is 11.5 Å². The summed E-state index contributed by atoms with van der Waals surface area (Å²) < 4.78 is 5.30. The van der Waals surface area contributed by atoms with Crippen molar-refractivity contribution < 1.29 is 9.21 Å². The number of nitrogens with one attached hydrogen (secondary N) is 1. The molecule has 0 saturated carbocycles. The van der Waals surface area contributed by atoms with Crippen LogP contribution in [-0.4, -0.2) is 56.9 Å². The van der Waals surface area contributed by atoms with Crippen LogP contribution in [0.3, 0.4) is 0 Å². The van der Waals surface area contributed by atoms with Crippen molar-refractivity contribution >= 4 is 17.8 Å². The summed E-state index contributed by atoms with van der Waals surface area (Å²) in [7, 11) is 0. The van der Waals surface area contributed by atoms with Crippen LogP contribution in [0.4, 0.5) is 11.9 Å². The highest BCUT2D eigenvalue weighted by atomic mass is 16.3. The summed E-state index contributed by atoms with van der Waals surface area (Å²) in [5.41, 5.74) is 1.12. The van der Waals surface area contributed by atoms with E-state index in [1.807, 2.05) is 19.1 Å². The second-order valence-corrected chi connectivity index (χ2v) is 6.48. The second kappa shape index (κ2) is 8.03. The first-order valence-electron chi connectivity index (χ1n) is 9.12. The third kappa shape index (κ3) is 4.08. The number of carbonyl (C=O) groups is 1. The van der Waals surface area contributed by atoms with Gasteiger partial charge >= 0.3 is 0 Å². The van der Waals surface area contributed by atoms with Crippen LogP contribution in [0.15, 0.2) is 47.3 Å². The number of rotatable bonds is 5. The fourth-order valence-electron chi connectivity index (χ4n) is 3.06. The Labute approximate surface area is 162 Å². The number of hydrogen-bond acceptors (Lipinski definition) is 8. The molecular formula is C19H21N7O2. The summed E-state index contributed by atoms with van der Waals surface area (Å²) in [5, 5.41) is 3.10. The van der Waals surface area contributed by atoms with Gasteiger partial charge in [0.2, 0.25) is 11.9 Å². The number of anilines is 2. The Morgan fingerprint density at radius 3 is 2.64 bits per heavy atom. The smallest absolute Gasteiger partial charge is 0.272 e. The van der Waals surface area contributed by atoms with Crippen LogP contribution in [0.5, 0.6) is 0 Å². The van der Waals surface area contributed by atoms with Crippen molar-refractivity contribution in [3.05, 3.63) is 60.1 Å². The Kier molecular flexibility index (Phi) is 5.14. The zero-order chi connectivity index (χ0) is 19.3. The van der Waals surface area contributed by atoms with Crippen LogP contribution in [0.25, 0.3) is 0 Å². The van der Waals surface area contributed by atoms with Gasteiger partial charge in [-0.05, 0) is 31.2 Å². The normalized spacial score (nSPS) is 14.2. The number of hydrogen-bond donors (Lipinski definition) is 1. The Morgan fingerprint density at radius 2 is 1.93 bits per heavy atom. The first kappa shape index (κ1) is 17.9. The quantitative estimate of drug-likeness (QED) is 0.716. The molecule has 4 rings (SSSR count). The van der Waals surface area contributed by atoms with E-state index in [9.17, 15) is 4.79 Å². The summed E-state index contributed by atoms with van der Waals surface area (Å²) in [6, 6.07) is 7.19. The van der Waals surface area contributed by atoms with Gasteiger partial charge in [0, 0.05) is 44.3 Å². The van der Waals surface area contributed by atoms with Gasteiger partial charge in [-0.2, -0.15) is 0 Å². The molecule has 1 aliphatic heterocycles. The molecule has 1 saturated heterocycles. The third-order valence-corrected chi connectivity index (χ3v) is 4.48. The van der Waals surface area contributed by atoms with E-state index in [4.69, 9.17) is 4.42 Å². The molecule has 9 heteroatoms. The summed E-state index contributed by atoms with van der Waals surface area (Å²) in [6.07, 6.45) is 5.06. The number of carbonyl (C=O) groups excluding carboxylic acids is 1. The molecule has 3 aromatic rings. The van der Waals surface area contributed by atoms with Gasteiger partial charge in [-0.1, -0.05) is 0 Å². The lowest BCUT2D eigenvalue weighted by Gasteiger charge is -2.34. The molecule has 0 atom stereocenters. The van der Waals surface area contributed by atoms with E-state index in [1.165, 1.54) is 0 Å². The van der Waals surface area contributed by atoms with Crippen molar-refractivity contribution in [2.24, 2.45) is 0 Å². The Balaban J connectivity index is 1.40. The van der Waals surface area contributed by atoms with Crippen molar-refractivity contribution in [1.29, 1.82) is 0 Å². The van der Waals surface area contributed by atoms with Crippen molar-refractivity contribution in [1.82, 2.24) is 24.8 Å². The van der Waals surface area contributed by atoms with Crippen molar-refractivity contribution in [3.8, 4) is 0 Å². The molecule has 1 fully saturated rings. The maximum Gasteiger partial charge on any atom is 0.272 e. The van der Waals surface area contributed by atoms with Gasteiger partial charge in [-0.15, -0.1) is 0 Å². The number of nitrogens with zero attached hydrogens (tertiary/aromatic N) is 6. The van der Waals surface area contributed by atoms with Gasteiger partial charge in [-0.25, -0.2) is 19.9 Å². The Hall–Kier alpha value is -3.49. The minimum atomic E-state index is -0.0971. The van der Waals surface area contributed by atoms with E-state index in [0.29, 0.717) is 50.3 Å². The molecule has 4 heterocycles. The summed E-state index contributed by atoms with van der Waals surface area (Å²) in [6.45, 7) is 4.86. The predicted molar refractivity (Wildman–Crippen MR) is 103 cm³/mol. The number of aromatic nitrogens is 4. The molecule has 0 radical (unpaired) electrons. The van der Waals surface area contributed by atoms with Gasteiger partial charge in [0.15, 0.2) is 0 Å². The molecular weight excluding hydrogens is 358 g/mol. The van der Waals surface area contributed by atoms with Crippen molar-refractivity contribution in [2.75, 3.05) is 36.4 Å². The molecule has 9 nitrogen and oxygen atoms in total. The largest absolute Gasteiger partial charge is 0.467 e. The molecule has 0 aliphatic carbocycles. The van der Waals surface area contributed by atoms with E-state index in [0.717, 1.165) is 11.5 Å². The monoisotopic (exact) mass is 379 g/mol. The van der Waals surface area contributed by atoms with Crippen LogP contribution in [0.2, 0.25) is 0 Å². The summed E-state index contributed by atoms with van der Waals surface area (Å²) in [4.78, 5) is 34.1. The molecule has 28 heavy (non-hydrogen) atoms. The lowest BCUT2D eigenvalue weighted by atomic mass is 10.2. The average molecular weight is 379 g/mol. The number of amides is 1. The molecule has 0 bridgehead atoms. The molecule has 1 amide bonds. The zero-order valence-corrected chi connectivity index (χ0v) is 15.6. The van der Waals surface area contributed by atoms with Crippen LogP contribution in [0.1, 0.15) is 21.9 Å². The molecule has 0 unspecified atom stereocenters. The third-order valence-electron chi connectivity index (χ3n) is 4.48. The summed E-state index contributed by atoms with van der Waals surface area (Å²) in [5.74, 6) is 1.78. The maximum absolute atomic E-state index is 12.9. The molecule has 144 valence electrons. The Morgan fingerprint density at radius 1 is 1.14 bits per heavy atom. The van der Waals surface area contributed by atoms with Crippen molar-refractivity contribution in [2.45, 2.75) is 13.5 Å². The van der Waals surface area contributed by atoms with E-state index in [2.05, 4.69) is 30.2 Å². The highest BCUT2D eigenvalue weighted by molar-refractivity contribution is 5.92. The van der Waals surface area contributed by atoms with Gasteiger partial charge in [-0.3, -0.25) is 4.79 Å². The topological polar surface area (TPSA) is 100 Å². The van der Waals surface area contributed by atoms with Crippen LogP contribution in [0, 0.1) is 6.92 Å². The lowest BCUT2D eigenvalue weighted by Crippen LogP contribution is -2.49. The Bertz CT molecular complexity index is 923. The highest BCUT2D eigenvalue weighted by Gasteiger charge is 2.24. The van der Waals surface area contributed by atoms with Gasteiger partial charge in [0.05, 0.1) is 12.8 Å². The molecule has 1 N–H and O–H groups in total. The van der Waals surface area contributed by atoms with E-state index < -0.39 is 0 Å². The van der Waals surface area contributed by atoms with Crippen molar-refractivity contribution in [3.63, 3.8) is 0 Å². The molecule has 3 aromatic heterocycles. The van der Waals surface area contributed by atoms with Crippen LogP contribution >= 0.6 is 0 Å². The minimum absolute atomic E-state index is 0.0971. The summed E-state index contributed by atoms with van der Waals surface area (Å²) >= 11 is 0. The van der Waals surface area contributed by atoms with E-state index >= 15 is 0 Å². The number of furan rings is 1. The maximum atomic E-state index is 12.9. The molecule has 0 spiro atoms. The zero-order valence-electron chi connectivity index (χ0n) is 15.6. The minimum Gasteiger partial charge on any atom is -0.467 e. The van der Waals surface area contributed by atoms with E-state index in [1.54, 1.807) is 35.7 Å². The predicted octanol–water partition coefficient (Wildman–Crippen LogP) is 1.74. The van der Waals surface area contributed by atoms with Crippen LogP contribution in [-0.2, 0) is 6.54 Å². The average Bonchev–Trinajstić information content (AvgIpc) is 3.26. The number of aryl methyl sites for hydroxylation is 1. The highest BCUT2D eigenvalue weighted by Crippen LogP contribution is 2.14. The molecule has 0 aromatic carbocycles. The first-order valence-corrected chi connectivity index (χ1v) is 9.12. The molecule has 1 aliphatic rings. The first-order chi connectivity index (χ1) is 13.7. The standard InChI is InChI=1S/C19H21N7O2/c1-14-12-16(24-18(23-14)22-13-15-4-2-11-28-15)17(27)25-7-9-26(10-8-25)19-20-5-3-6-21-19/h2-6,11-12H,7-10,13H2,1H3,(H,22,23,24). The second-order valence-electron chi connectivity index (χ2n) is 6.48. The fourth-order valence-corrected chi connectivity index (χ4v) is 3.06.